The van der Waals surface area contributed by atoms with Crippen molar-refractivity contribution in [2.45, 2.75) is 0 Å². The Labute approximate surface area is 263 Å². The zero-order valence-electron chi connectivity index (χ0n) is 24.6. The van der Waals surface area contributed by atoms with Gasteiger partial charge in [-0.05, 0) is 24.3 Å². The van der Waals surface area contributed by atoms with E-state index in [9.17, 15) is 13.8 Å². The molecule has 36 heavy (non-hydrogen) atoms. The van der Waals surface area contributed by atoms with Gasteiger partial charge in [0.05, 0.1) is 42.3 Å². The number of carbonyl (C=O) groups excluding carboxylic acids is 2. The molecule has 0 heterocycles. The molecule has 0 N–H and O–H groups in total. The summed E-state index contributed by atoms with van der Waals surface area (Å²) in [6.07, 6.45) is 0. The summed E-state index contributed by atoms with van der Waals surface area (Å²) in [6, 6.07) is 12.6. The van der Waals surface area contributed by atoms with E-state index in [1.165, 1.54) is 24.3 Å². The maximum absolute atomic E-state index is 12.6. The molecule has 0 atom stereocenters. The first kappa shape index (κ1) is 35.0. The van der Waals surface area contributed by atoms with Crippen LogP contribution in [0.3, 0.4) is 0 Å². The van der Waals surface area contributed by atoms with Gasteiger partial charge < -0.3 is 29.7 Å². The van der Waals surface area contributed by atoms with Crippen LogP contribution in [0.15, 0.2) is 48.5 Å². The van der Waals surface area contributed by atoms with E-state index in [-0.39, 0.29) is 97.8 Å². The van der Waals surface area contributed by atoms with Crippen LogP contribution in [0.1, 0.15) is 23.6 Å². The number of hydrogen-bond donors (Lipinski definition) is 0. The molecular weight excluding hydrogens is 506 g/mol. The number of likely N-dealkylation sites (N-methyl/N-ethyl adjacent to an activating group) is 2. The molecule has 12 heteroatoms. The van der Waals surface area contributed by atoms with Crippen molar-refractivity contribution in [1.29, 1.82) is 0 Å². The Kier molecular flexibility index (Phi) is 15.7. The number of rotatable bonds is 12. The number of nitrogens with zero attached hydrogens (tertiary/aromatic N) is 2. The van der Waals surface area contributed by atoms with E-state index in [2.05, 4.69) is 0 Å². The Morgan fingerprint density at radius 2 is 1.03 bits per heavy atom. The summed E-state index contributed by atoms with van der Waals surface area (Å²) in [5, 5.41) is 0. The van der Waals surface area contributed by atoms with Crippen molar-refractivity contribution in [2.24, 2.45) is 0 Å². The summed E-state index contributed by atoms with van der Waals surface area (Å²) in [7, 11) is 11.9. The standard InChI is InChI=1S/C24H34N2O7S.2Na.2H/c1-25(2,3)15-17-30-23(27)19-11-7-9-13-21(19)32-34(29)33-22-14-10-8-12-20(22)24(28)31-18-16-26(4,5)6;;;;/h7-14H,15-18H2,1-6H3;;;;/q+2;2*+1;2*-1. The summed E-state index contributed by atoms with van der Waals surface area (Å²) < 4.78 is 35.2. The van der Waals surface area contributed by atoms with Gasteiger partial charge in [-0.25, -0.2) is 9.59 Å². The maximum atomic E-state index is 12.6. The average molecular weight is 543 g/mol. The van der Waals surface area contributed by atoms with Crippen molar-refractivity contribution in [3.05, 3.63) is 59.7 Å². The average Bonchev–Trinajstić information content (AvgIpc) is 2.72. The Bertz CT molecular complexity index is 956. The van der Waals surface area contributed by atoms with Crippen LogP contribution in [0.25, 0.3) is 0 Å². The van der Waals surface area contributed by atoms with E-state index in [4.69, 9.17) is 17.8 Å². The normalized spacial score (nSPS) is 11.1. The second-order valence-corrected chi connectivity index (χ2v) is 10.4. The molecule has 0 unspecified atom stereocenters. The second-order valence-electron chi connectivity index (χ2n) is 9.66. The van der Waals surface area contributed by atoms with Gasteiger partial charge in [0.15, 0.2) is 11.5 Å². The molecule has 0 saturated heterocycles. The summed E-state index contributed by atoms with van der Waals surface area (Å²) in [6.45, 7) is 1.70. The second kappa shape index (κ2) is 16.1. The van der Waals surface area contributed by atoms with Crippen molar-refractivity contribution >= 4 is 23.3 Å². The molecule has 0 aromatic heterocycles. The van der Waals surface area contributed by atoms with Gasteiger partial charge in [0.2, 0.25) is 0 Å². The van der Waals surface area contributed by atoms with E-state index < -0.39 is 23.3 Å². The largest absolute Gasteiger partial charge is 1.00 e. The molecule has 2 aromatic rings. The molecule has 0 radical (unpaired) electrons. The maximum Gasteiger partial charge on any atom is 1.00 e. The fourth-order valence-electron chi connectivity index (χ4n) is 2.56. The Morgan fingerprint density at radius 1 is 0.694 bits per heavy atom. The molecule has 0 aliphatic carbocycles. The Balaban J connectivity index is -0.00000306. The van der Waals surface area contributed by atoms with Gasteiger partial charge in [0.1, 0.15) is 37.4 Å². The first-order chi connectivity index (χ1) is 15.9. The minimum Gasteiger partial charge on any atom is -1.00 e. The molecular formula is C24H36N2Na2O7S+2. The van der Waals surface area contributed by atoms with E-state index in [1.54, 1.807) is 24.3 Å². The van der Waals surface area contributed by atoms with Crippen molar-refractivity contribution in [1.82, 2.24) is 0 Å². The molecule has 2 aromatic carbocycles. The number of carbonyl (C=O) groups is 2. The van der Waals surface area contributed by atoms with Crippen LogP contribution < -0.4 is 67.5 Å². The molecule has 0 aliphatic heterocycles. The van der Waals surface area contributed by atoms with Gasteiger partial charge in [-0.1, -0.05) is 24.3 Å². The SMILES string of the molecule is C[N+](C)(C)CCOC(=O)c1ccccc1OS(=O)Oc1ccccc1C(=O)OCC[N+](C)(C)C.[H-].[H-].[Na+].[Na+]. The molecule has 9 nitrogen and oxygen atoms in total. The number of quaternary nitrogens is 2. The fourth-order valence-corrected chi connectivity index (χ4v) is 3.18. The predicted octanol–water partition coefficient (Wildman–Crippen LogP) is -3.32. The van der Waals surface area contributed by atoms with E-state index in [1.807, 2.05) is 42.3 Å². The monoisotopic (exact) mass is 542 g/mol. The Hall–Kier alpha value is -0.950. The van der Waals surface area contributed by atoms with Gasteiger partial charge in [0, 0.05) is 0 Å². The third-order valence-corrected chi connectivity index (χ3v) is 5.15. The fraction of sp³-hybridized carbons (Fsp3) is 0.417. The van der Waals surface area contributed by atoms with Gasteiger partial charge >= 0.3 is 82.4 Å². The summed E-state index contributed by atoms with van der Waals surface area (Å²) in [4.78, 5) is 25.0. The van der Waals surface area contributed by atoms with Crippen LogP contribution >= 0.6 is 0 Å². The third-order valence-electron chi connectivity index (χ3n) is 4.52. The minimum atomic E-state index is -2.34. The van der Waals surface area contributed by atoms with Crippen LogP contribution in [0.5, 0.6) is 11.5 Å². The van der Waals surface area contributed by atoms with E-state index >= 15 is 0 Å². The van der Waals surface area contributed by atoms with Crippen LogP contribution in [-0.2, 0) is 20.8 Å². The molecule has 0 spiro atoms. The Morgan fingerprint density at radius 3 is 1.36 bits per heavy atom. The molecule has 0 fully saturated rings. The number of ether oxygens (including phenoxy) is 2. The van der Waals surface area contributed by atoms with Gasteiger partial charge in [-0.3, -0.25) is 0 Å². The van der Waals surface area contributed by atoms with Crippen LogP contribution in [0.2, 0.25) is 0 Å². The van der Waals surface area contributed by atoms with Gasteiger partial charge in [-0.2, -0.15) is 4.21 Å². The first-order valence-corrected chi connectivity index (χ1v) is 11.8. The number of esters is 2. The molecule has 0 aliphatic rings. The molecule has 0 amide bonds. The van der Waals surface area contributed by atoms with E-state index in [0.29, 0.717) is 22.1 Å². The summed E-state index contributed by atoms with van der Waals surface area (Å²) in [5.74, 6) is -1.11. The van der Waals surface area contributed by atoms with Gasteiger partial charge in [0.25, 0.3) is 0 Å². The van der Waals surface area contributed by atoms with Crippen molar-refractivity contribution in [3.63, 3.8) is 0 Å². The van der Waals surface area contributed by atoms with Crippen molar-refractivity contribution in [2.75, 3.05) is 68.6 Å². The van der Waals surface area contributed by atoms with Crippen LogP contribution in [0, 0.1) is 0 Å². The molecule has 0 bridgehead atoms. The molecule has 190 valence electrons. The first-order valence-electron chi connectivity index (χ1n) is 10.8. The summed E-state index contributed by atoms with van der Waals surface area (Å²) in [5.41, 5.74) is 0.239. The number of benzene rings is 2. The minimum absolute atomic E-state index is 0. The smallest absolute Gasteiger partial charge is 1.00 e. The number of hydrogen-bond acceptors (Lipinski definition) is 7. The molecule has 2 rings (SSSR count). The zero-order valence-corrected chi connectivity index (χ0v) is 27.4. The van der Waals surface area contributed by atoms with Crippen LogP contribution in [-0.4, -0.2) is 93.7 Å². The van der Waals surface area contributed by atoms with Crippen molar-refractivity contribution < 1.29 is 103 Å². The predicted molar refractivity (Wildman–Crippen MR) is 131 cm³/mol. The third kappa shape index (κ3) is 13.0. The topological polar surface area (TPSA) is 88.1 Å². The van der Waals surface area contributed by atoms with Crippen LogP contribution in [0.4, 0.5) is 0 Å². The van der Waals surface area contributed by atoms with Crippen molar-refractivity contribution in [3.8, 4) is 11.5 Å². The van der Waals surface area contributed by atoms with E-state index in [0.717, 1.165) is 0 Å². The van der Waals surface area contributed by atoms with Gasteiger partial charge in [-0.15, -0.1) is 0 Å². The zero-order chi connectivity index (χ0) is 25.4. The summed E-state index contributed by atoms with van der Waals surface area (Å²) >= 11 is -2.34. The number of para-hydroxylation sites is 2. The molecule has 0 saturated carbocycles. The quantitative estimate of drug-likeness (QED) is 0.158.